The average molecular weight is 494 g/mol. The minimum absolute atomic E-state index is 0.0403. The Labute approximate surface area is 215 Å². The number of aromatic nitrogens is 2. The number of halogens is 1. The smallest absolute Gasteiger partial charge is 0.315 e. The van der Waals surface area contributed by atoms with E-state index >= 15 is 0 Å². The van der Waals surface area contributed by atoms with Crippen molar-refractivity contribution in [3.8, 4) is 17.3 Å². The molecule has 5 rings (SSSR count). The second-order valence-corrected chi connectivity index (χ2v) is 9.68. The topological polar surface area (TPSA) is 93.6 Å². The van der Waals surface area contributed by atoms with Gasteiger partial charge in [0.2, 0.25) is 0 Å². The van der Waals surface area contributed by atoms with Gasteiger partial charge in [0.25, 0.3) is 0 Å². The van der Waals surface area contributed by atoms with Crippen molar-refractivity contribution in [1.29, 1.82) is 5.26 Å². The molecule has 2 amide bonds. The lowest BCUT2D eigenvalue weighted by Gasteiger charge is -2.18. The molecule has 1 aliphatic rings. The zero-order valence-electron chi connectivity index (χ0n) is 20.8. The minimum Gasteiger partial charge on any atom is -0.344 e. The number of aryl methyl sites for hydroxylation is 2. The van der Waals surface area contributed by atoms with Crippen LogP contribution in [0.3, 0.4) is 0 Å². The lowest BCUT2D eigenvalue weighted by Crippen LogP contribution is -2.43. The standard InChI is InChI=1S/C30H28FN5O/c1-19-7-6-8-22(13-19)18-33-29(37)36-30(17-26(30)23-9-4-3-5-10-23)28-34-20(2)27(35-28)24-14-21(11-12-32)15-25(31)16-24/h3-10,13-16,26H,11,17-18H2,1-2H3,(H,34,35)(H2,33,36,37). The zero-order chi connectivity index (χ0) is 26.0. The molecule has 1 fully saturated rings. The molecule has 0 bridgehead atoms. The van der Waals surface area contributed by atoms with Gasteiger partial charge in [0.15, 0.2) is 0 Å². The SMILES string of the molecule is Cc1cccc(CNC(=O)NC2(c3nc(-c4cc(F)cc(CC#N)c4)c(C)[nH]3)CC2c2ccccc2)c1. The number of H-pyrrole nitrogens is 1. The highest BCUT2D eigenvalue weighted by Crippen LogP contribution is 2.58. The number of carbonyl (C=O) groups excluding carboxylic acids is 1. The van der Waals surface area contributed by atoms with E-state index in [1.165, 1.54) is 12.1 Å². The van der Waals surface area contributed by atoms with Gasteiger partial charge >= 0.3 is 6.03 Å². The molecule has 2 atom stereocenters. The number of nitrogens with zero attached hydrogens (tertiary/aromatic N) is 2. The second kappa shape index (κ2) is 9.90. The molecule has 7 heteroatoms. The third-order valence-corrected chi connectivity index (χ3v) is 6.86. The van der Waals surface area contributed by atoms with Crippen molar-refractivity contribution in [3.05, 3.63) is 112 Å². The molecule has 3 N–H and O–H groups in total. The van der Waals surface area contributed by atoms with Gasteiger partial charge in [0.05, 0.1) is 18.2 Å². The van der Waals surface area contributed by atoms with Crippen LogP contribution in [0.2, 0.25) is 0 Å². The summed E-state index contributed by atoms with van der Waals surface area (Å²) in [6.45, 7) is 4.31. The fourth-order valence-corrected chi connectivity index (χ4v) is 4.99. The van der Waals surface area contributed by atoms with E-state index in [4.69, 9.17) is 10.2 Å². The van der Waals surface area contributed by atoms with Crippen molar-refractivity contribution in [2.24, 2.45) is 0 Å². The summed E-state index contributed by atoms with van der Waals surface area (Å²) in [6.07, 6.45) is 0.799. The number of carbonyl (C=O) groups is 1. The van der Waals surface area contributed by atoms with Crippen LogP contribution in [-0.2, 0) is 18.5 Å². The number of amides is 2. The molecule has 1 aliphatic carbocycles. The predicted molar refractivity (Wildman–Crippen MR) is 140 cm³/mol. The number of hydrogen-bond acceptors (Lipinski definition) is 3. The van der Waals surface area contributed by atoms with Crippen molar-refractivity contribution in [1.82, 2.24) is 20.6 Å². The van der Waals surface area contributed by atoms with E-state index in [0.29, 0.717) is 35.6 Å². The molecule has 1 saturated carbocycles. The van der Waals surface area contributed by atoms with E-state index in [1.54, 1.807) is 6.07 Å². The van der Waals surface area contributed by atoms with Gasteiger partial charge in [-0.15, -0.1) is 0 Å². The maximum Gasteiger partial charge on any atom is 0.315 e. The van der Waals surface area contributed by atoms with E-state index in [1.807, 2.05) is 56.3 Å². The van der Waals surface area contributed by atoms with Gasteiger partial charge in [-0.25, -0.2) is 14.2 Å². The molecule has 186 valence electrons. The molecule has 6 nitrogen and oxygen atoms in total. The van der Waals surface area contributed by atoms with Crippen LogP contribution in [0, 0.1) is 31.0 Å². The summed E-state index contributed by atoms with van der Waals surface area (Å²) >= 11 is 0. The largest absolute Gasteiger partial charge is 0.344 e. The van der Waals surface area contributed by atoms with Crippen LogP contribution < -0.4 is 10.6 Å². The van der Waals surface area contributed by atoms with Crippen LogP contribution in [0.25, 0.3) is 11.3 Å². The van der Waals surface area contributed by atoms with Crippen molar-refractivity contribution < 1.29 is 9.18 Å². The molecule has 37 heavy (non-hydrogen) atoms. The average Bonchev–Trinajstić information content (AvgIpc) is 3.46. The number of nitrogens with one attached hydrogen (secondary N) is 3. The fourth-order valence-electron chi connectivity index (χ4n) is 4.99. The molecular weight excluding hydrogens is 465 g/mol. The molecule has 0 saturated heterocycles. The normalized spacial score (nSPS) is 18.2. The number of rotatable bonds is 7. The summed E-state index contributed by atoms with van der Waals surface area (Å²) in [5.74, 6) is 0.257. The van der Waals surface area contributed by atoms with Crippen molar-refractivity contribution in [2.75, 3.05) is 0 Å². The maximum atomic E-state index is 14.3. The third-order valence-electron chi connectivity index (χ3n) is 6.86. The van der Waals surface area contributed by atoms with Gasteiger partial charge in [-0.2, -0.15) is 5.26 Å². The van der Waals surface area contributed by atoms with Crippen LogP contribution in [0.1, 0.15) is 46.1 Å². The number of nitriles is 1. The Morgan fingerprint density at radius 2 is 1.92 bits per heavy atom. The summed E-state index contributed by atoms with van der Waals surface area (Å²) in [5.41, 5.74) is 5.12. The quantitative estimate of drug-likeness (QED) is 0.305. The Hall–Kier alpha value is -4.44. The Bertz CT molecular complexity index is 1490. The lowest BCUT2D eigenvalue weighted by atomic mass is 10.0. The predicted octanol–water partition coefficient (Wildman–Crippen LogP) is 5.78. The van der Waals surface area contributed by atoms with E-state index in [2.05, 4.69) is 33.8 Å². The van der Waals surface area contributed by atoms with Gasteiger partial charge in [-0.1, -0.05) is 60.2 Å². The Morgan fingerprint density at radius 3 is 2.68 bits per heavy atom. The minimum atomic E-state index is -0.718. The summed E-state index contributed by atoms with van der Waals surface area (Å²) in [5, 5.41) is 15.2. The molecule has 0 aliphatic heterocycles. The monoisotopic (exact) mass is 493 g/mol. The summed E-state index contributed by atoms with van der Waals surface area (Å²) in [4.78, 5) is 21.3. The molecule has 3 aromatic carbocycles. The van der Waals surface area contributed by atoms with Crippen LogP contribution >= 0.6 is 0 Å². The molecule has 4 aromatic rings. The molecule has 0 radical (unpaired) electrons. The first-order valence-corrected chi connectivity index (χ1v) is 12.3. The Morgan fingerprint density at radius 1 is 1.11 bits per heavy atom. The first-order valence-electron chi connectivity index (χ1n) is 12.3. The maximum absolute atomic E-state index is 14.3. The Balaban J connectivity index is 1.44. The second-order valence-electron chi connectivity index (χ2n) is 9.68. The fraction of sp³-hybridized carbons (Fsp3) is 0.233. The number of benzene rings is 3. The van der Waals surface area contributed by atoms with Crippen molar-refractivity contribution in [3.63, 3.8) is 0 Å². The van der Waals surface area contributed by atoms with Gasteiger partial charge in [-0.05, 0) is 55.2 Å². The lowest BCUT2D eigenvalue weighted by molar-refractivity contribution is 0.234. The van der Waals surface area contributed by atoms with Gasteiger partial charge in [-0.3, -0.25) is 0 Å². The molecule has 0 spiro atoms. The zero-order valence-corrected chi connectivity index (χ0v) is 20.8. The number of urea groups is 1. The van der Waals surface area contributed by atoms with Crippen LogP contribution in [-0.4, -0.2) is 16.0 Å². The molecular formula is C30H28FN5O. The van der Waals surface area contributed by atoms with E-state index < -0.39 is 11.4 Å². The summed E-state index contributed by atoms with van der Waals surface area (Å²) in [6, 6.07) is 24.4. The van der Waals surface area contributed by atoms with Crippen molar-refractivity contribution >= 4 is 6.03 Å². The third kappa shape index (κ3) is 5.10. The highest BCUT2D eigenvalue weighted by atomic mass is 19.1. The van der Waals surface area contributed by atoms with E-state index in [9.17, 15) is 9.18 Å². The van der Waals surface area contributed by atoms with Crippen LogP contribution in [0.5, 0.6) is 0 Å². The highest BCUT2D eigenvalue weighted by molar-refractivity contribution is 5.76. The Kier molecular flexibility index (Phi) is 6.49. The van der Waals surface area contributed by atoms with Gasteiger partial charge in [0.1, 0.15) is 17.2 Å². The number of imidazole rings is 1. The first kappa shape index (κ1) is 24.3. The summed E-state index contributed by atoms with van der Waals surface area (Å²) < 4.78 is 14.3. The molecule has 2 unspecified atom stereocenters. The summed E-state index contributed by atoms with van der Waals surface area (Å²) in [7, 11) is 0. The van der Waals surface area contributed by atoms with Gasteiger partial charge < -0.3 is 15.6 Å². The van der Waals surface area contributed by atoms with Crippen LogP contribution in [0.15, 0.2) is 72.8 Å². The van der Waals surface area contributed by atoms with Crippen LogP contribution in [0.4, 0.5) is 9.18 Å². The molecule has 1 heterocycles. The first-order chi connectivity index (χ1) is 17.9. The highest BCUT2D eigenvalue weighted by Gasteiger charge is 2.59. The number of hydrogen-bond donors (Lipinski definition) is 3. The molecule has 1 aromatic heterocycles. The van der Waals surface area contributed by atoms with Gasteiger partial charge in [0, 0.05) is 23.7 Å². The number of aromatic amines is 1. The van der Waals surface area contributed by atoms with E-state index in [-0.39, 0.29) is 18.4 Å². The van der Waals surface area contributed by atoms with E-state index in [0.717, 1.165) is 22.4 Å². The van der Waals surface area contributed by atoms with Crippen molar-refractivity contribution in [2.45, 2.75) is 44.7 Å².